The van der Waals surface area contributed by atoms with Gasteiger partial charge in [-0.1, -0.05) is 5.57 Å². The number of hydrogen-bond donors (Lipinski definition) is 1. The van der Waals surface area contributed by atoms with Crippen molar-refractivity contribution in [3.8, 4) is 5.75 Å². The number of ether oxygens (including phenoxy) is 1. The molecule has 1 aliphatic heterocycles. The summed E-state index contributed by atoms with van der Waals surface area (Å²) in [6.45, 7) is 0.843. The molecule has 1 N–H and O–H groups in total. The van der Waals surface area contributed by atoms with Crippen molar-refractivity contribution in [2.24, 2.45) is 0 Å². The van der Waals surface area contributed by atoms with Gasteiger partial charge < -0.3 is 14.7 Å². The number of carboxylic acid groups (broad SMARTS) is 1. The molecule has 1 fully saturated rings. The lowest BCUT2D eigenvalue weighted by atomic mass is 10.0. The van der Waals surface area contributed by atoms with E-state index in [0.29, 0.717) is 37.2 Å². The van der Waals surface area contributed by atoms with Crippen LogP contribution in [0.25, 0.3) is 6.08 Å². The highest BCUT2D eigenvalue weighted by molar-refractivity contribution is 5.67. The zero-order valence-electron chi connectivity index (χ0n) is 11.6. The van der Waals surface area contributed by atoms with Gasteiger partial charge in [0, 0.05) is 13.1 Å². The second kappa shape index (κ2) is 6.25. The molecule has 0 bridgehead atoms. The Morgan fingerprint density at radius 1 is 1.43 bits per heavy atom. The molecule has 21 heavy (non-hydrogen) atoms. The summed E-state index contributed by atoms with van der Waals surface area (Å²) in [7, 11) is 1.46. The third-order valence-corrected chi connectivity index (χ3v) is 3.47. The summed E-state index contributed by atoms with van der Waals surface area (Å²) >= 11 is 0. The SMILES string of the molecule is COc1ccc(C=C2CCN(C(=O)O)CC2)c([N+](=O)[O-])c1. The van der Waals surface area contributed by atoms with Gasteiger partial charge in [-0.3, -0.25) is 10.1 Å². The highest BCUT2D eigenvalue weighted by atomic mass is 16.6. The number of piperidine rings is 1. The van der Waals surface area contributed by atoms with Gasteiger partial charge in [-0.25, -0.2) is 4.79 Å². The number of methoxy groups -OCH3 is 1. The molecular formula is C14H16N2O5. The van der Waals surface area contributed by atoms with Crippen LogP contribution in [-0.4, -0.2) is 41.2 Å². The minimum absolute atomic E-state index is 0.0116. The molecule has 7 heteroatoms. The van der Waals surface area contributed by atoms with Gasteiger partial charge >= 0.3 is 6.09 Å². The van der Waals surface area contributed by atoms with Gasteiger partial charge in [-0.15, -0.1) is 0 Å². The first-order valence-electron chi connectivity index (χ1n) is 6.51. The number of nitro benzene ring substituents is 1. The fraction of sp³-hybridized carbons (Fsp3) is 0.357. The number of hydrogen-bond acceptors (Lipinski definition) is 4. The van der Waals surface area contributed by atoms with Crippen LogP contribution in [0.5, 0.6) is 5.75 Å². The Balaban J connectivity index is 2.21. The van der Waals surface area contributed by atoms with Crippen LogP contribution in [0.15, 0.2) is 23.8 Å². The van der Waals surface area contributed by atoms with Crippen LogP contribution in [0.4, 0.5) is 10.5 Å². The molecule has 1 aromatic rings. The van der Waals surface area contributed by atoms with Crippen molar-refractivity contribution in [3.63, 3.8) is 0 Å². The molecule has 0 spiro atoms. The van der Waals surface area contributed by atoms with E-state index in [0.717, 1.165) is 5.57 Å². The van der Waals surface area contributed by atoms with Crippen LogP contribution >= 0.6 is 0 Å². The maximum Gasteiger partial charge on any atom is 0.407 e. The first-order chi connectivity index (χ1) is 10.0. The summed E-state index contributed by atoms with van der Waals surface area (Å²) < 4.78 is 4.99. The Bertz CT molecular complexity index is 587. The van der Waals surface area contributed by atoms with Gasteiger partial charge in [0.15, 0.2) is 0 Å². The summed E-state index contributed by atoms with van der Waals surface area (Å²) in [5.74, 6) is 0.435. The van der Waals surface area contributed by atoms with E-state index in [1.54, 1.807) is 18.2 Å². The average molecular weight is 292 g/mol. The smallest absolute Gasteiger partial charge is 0.407 e. The summed E-state index contributed by atoms with van der Waals surface area (Å²) in [6.07, 6.45) is 2.03. The summed E-state index contributed by atoms with van der Waals surface area (Å²) in [5, 5.41) is 20.0. The van der Waals surface area contributed by atoms with E-state index in [-0.39, 0.29) is 5.69 Å². The third-order valence-electron chi connectivity index (χ3n) is 3.47. The van der Waals surface area contributed by atoms with E-state index in [2.05, 4.69) is 0 Å². The van der Waals surface area contributed by atoms with E-state index >= 15 is 0 Å². The number of nitrogens with zero attached hydrogens (tertiary/aromatic N) is 2. The van der Waals surface area contributed by atoms with Crippen molar-refractivity contribution >= 4 is 17.9 Å². The molecule has 0 aliphatic carbocycles. The zero-order chi connectivity index (χ0) is 15.4. The van der Waals surface area contributed by atoms with Crippen LogP contribution in [0.3, 0.4) is 0 Å². The first-order valence-corrected chi connectivity index (χ1v) is 6.51. The fourth-order valence-corrected chi connectivity index (χ4v) is 2.28. The number of amides is 1. The normalized spacial score (nSPS) is 14.7. The molecule has 2 rings (SSSR count). The van der Waals surface area contributed by atoms with Gasteiger partial charge in [0.25, 0.3) is 5.69 Å². The number of carbonyl (C=O) groups is 1. The second-order valence-corrected chi connectivity index (χ2v) is 4.75. The van der Waals surface area contributed by atoms with Crippen molar-refractivity contribution in [3.05, 3.63) is 39.4 Å². The average Bonchev–Trinajstić information content (AvgIpc) is 2.48. The molecule has 0 aromatic heterocycles. The Labute approximate surface area is 121 Å². The highest BCUT2D eigenvalue weighted by Gasteiger charge is 2.19. The topological polar surface area (TPSA) is 92.9 Å². The number of rotatable bonds is 3. The van der Waals surface area contributed by atoms with E-state index in [4.69, 9.17) is 9.84 Å². The van der Waals surface area contributed by atoms with E-state index in [9.17, 15) is 14.9 Å². The lowest BCUT2D eigenvalue weighted by Gasteiger charge is -2.25. The van der Waals surface area contributed by atoms with Crippen molar-refractivity contribution < 1.29 is 19.6 Å². The lowest BCUT2D eigenvalue weighted by molar-refractivity contribution is -0.385. The summed E-state index contributed by atoms with van der Waals surface area (Å²) in [5.41, 5.74) is 1.52. The molecule has 1 amide bonds. The predicted molar refractivity (Wildman–Crippen MR) is 76.5 cm³/mol. The standard InChI is InChI=1S/C14H16N2O5/c1-21-12-3-2-11(13(9-12)16(19)20)8-10-4-6-15(7-5-10)14(17)18/h2-3,8-9H,4-7H2,1H3,(H,17,18). The van der Waals surface area contributed by atoms with Crippen LogP contribution in [0.1, 0.15) is 18.4 Å². The molecule has 1 saturated heterocycles. The van der Waals surface area contributed by atoms with Crippen molar-refractivity contribution in [1.82, 2.24) is 4.90 Å². The first kappa shape index (κ1) is 14.8. The number of benzene rings is 1. The molecule has 0 unspecified atom stereocenters. The molecule has 0 radical (unpaired) electrons. The monoisotopic (exact) mass is 292 g/mol. The molecule has 0 atom stereocenters. The Morgan fingerprint density at radius 3 is 2.62 bits per heavy atom. The fourth-order valence-electron chi connectivity index (χ4n) is 2.28. The van der Waals surface area contributed by atoms with Crippen molar-refractivity contribution in [1.29, 1.82) is 0 Å². The zero-order valence-corrected chi connectivity index (χ0v) is 11.6. The lowest BCUT2D eigenvalue weighted by Crippen LogP contribution is -2.35. The summed E-state index contributed by atoms with van der Waals surface area (Å²) in [6, 6.07) is 4.71. The molecule has 112 valence electrons. The van der Waals surface area contributed by atoms with Gasteiger partial charge in [-0.2, -0.15) is 0 Å². The molecule has 1 heterocycles. The molecular weight excluding hydrogens is 276 g/mol. The Morgan fingerprint density at radius 2 is 2.10 bits per heavy atom. The minimum Gasteiger partial charge on any atom is -0.497 e. The minimum atomic E-state index is -0.926. The van der Waals surface area contributed by atoms with Gasteiger partial charge in [0.2, 0.25) is 0 Å². The van der Waals surface area contributed by atoms with Crippen molar-refractivity contribution in [2.75, 3.05) is 20.2 Å². The van der Waals surface area contributed by atoms with Gasteiger partial charge in [-0.05, 0) is 31.1 Å². The van der Waals surface area contributed by atoms with Crippen LogP contribution < -0.4 is 4.74 Å². The highest BCUT2D eigenvalue weighted by Crippen LogP contribution is 2.28. The Hall–Kier alpha value is -2.57. The summed E-state index contributed by atoms with van der Waals surface area (Å²) in [4.78, 5) is 22.8. The second-order valence-electron chi connectivity index (χ2n) is 4.75. The number of likely N-dealkylation sites (tertiary alicyclic amines) is 1. The maximum absolute atomic E-state index is 11.1. The predicted octanol–water partition coefficient (Wildman–Crippen LogP) is 2.76. The van der Waals surface area contributed by atoms with Crippen LogP contribution in [0, 0.1) is 10.1 Å². The van der Waals surface area contributed by atoms with Gasteiger partial charge in [0.1, 0.15) is 5.75 Å². The third kappa shape index (κ3) is 3.50. The van der Waals surface area contributed by atoms with Crippen LogP contribution in [-0.2, 0) is 0 Å². The quantitative estimate of drug-likeness (QED) is 0.683. The molecule has 0 saturated carbocycles. The van der Waals surface area contributed by atoms with E-state index < -0.39 is 11.0 Å². The maximum atomic E-state index is 11.1. The molecule has 1 aliphatic rings. The van der Waals surface area contributed by atoms with E-state index in [1.165, 1.54) is 18.1 Å². The molecule has 7 nitrogen and oxygen atoms in total. The van der Waals surface area contributed by atoms with Crippen LogP contribution in [0.2, 0.25) is 0 Å². The van der Waals surface area contributed by atoms with Gasteiger partial charge in [0.05, 0.1) is 23.7 Å². The largest absolute Gasteiger partial charge is 0.497 e. The van der Waals surface area contributed by atoms with Crippen molar-refractivity contribution in [2.45, 2.75) is 12.8 Å². The van der Waals surface area contributed by atoms with E-state index in [1.807, 2.05) is 0 Å². The molecule has 1 aromatic carbocycles. The Kier molecular flexibility index (Phi) is 4.42. The number of nitro groups is 1.